The van der Waals surface area contributed by atoms with Crippen LogP contribution < -0.4 is 10.6 Å². The number of nitrogens with one attached hydrogen (secondary N) is 2. The van der Waals surface area contributed by atoms with Gasteiger partial charge in [0.1, 0.15) is 0 Å². The Kier molecular flexibility index (Phi) is 4.67. The van der Waals surface area contributed by atoms with Crippen LogP contribution in [0.25, 0.3) is 0 Å². The lowest BCUT2D eigenvalue weighted by atomic mass is 10.4. The number of aromatic nitrogens is 1. The average molecular weight is 203 g/mol. The molecule has 5 heteroatoms. The smallest absolute Gasteiger partial charge is 0.211 e. The molecule has 1 aromatic heterocycles. The maximum atomic E-state index is 8.48. The lowest BCUT2D eigenvalue weighted by Crippen LogP contribution is -2.31. The van der Waals surface area contributed by atoms with Gasteiger partial charge in [-0.25, -0.2) is 0 Å². The molecule has 1 heterocycles. The van der Waals surface area contributed by atoms with E-state index in [9.17, 15) is 0 Å². The molecule has 0 saturated heterocycles. The van der Waals surface area contributed by atoms with Gasteiger partial charge in [0.15, 0.2) is 0 Å². The molecule has 0 saturated carbocycles. The van der Waals surface area contributed by atoms with E-state index in [0.29, 0.717) is 5.96 Å². The second kappa shape index (κ2) is 6.38. The zero-order valence-electron chi connectivity index (χ0n) is 8.57. The van der Waals surface area contributed by atoms with Crippen molar-refractivity contribution in [1.29, 1.82) is 5.26 Å². The quantitative estimate of drug-likeness (QED) is 0.441. The van der Waals surface area contributed by atoms with Gasteiger partial charge in [-0.2, -0.15) is 5.26 Å². The van der Waals surface area contributed by atoms with Crippen LogP contribution in [0.15, 0.2) is 29.5 Å². The summed E-state index contributed by atoms with van der Waals surface area (Å²) in [5.41, 5.74) is 0.801. The van der Waals surface area contributed by atoms with E-state index < -0.39 is 0 Å². The van der Waals surface area contributed by atoms with E-state index in [4.69, 9.17) is 5.26 Å². The third-order valence-electron chi connectivity index (χ3n) is 1.63. The van der Waals surface area contributed by atoms with Crippen LogP contribution in [0.3, 0.4) is 0 Å². The number of hydrogen-bond donors (Lipinski definition) is 2. The van der Waals surface area contributed by atoms with Crippen molar-refractivity contribution in [3.8, 4) is 6.19 Å². The summed E-state index contributed by atoms with van der Waals surface area (Å²) in [4.78, 5) is 7.58. The monoisotopic (exact) mass is 203 g/mol. The van der Waals surface area contributed by atoms with E-state index in [0.717, 1.165) is 18.7 Å². The van der Waals surface area contributed by atoms with Crippen LogP contribution >= 0.6 is 0 Å². The summed E-state index contributed by atoms with van der Waals surface area (Å²) in [7, 11) is 0. The van der Waals surface area contributed by atoms with Crippen molar-refractivity contribution in [3.05, 3.63) is 24.5 Å². The number of nitriles is 1. The van der Waals surface area contributed by atoms with Crippen molar-refractivity contribution < 1.29 is 0 Å². The van der Waals surface area contributed by atoms with E-state index in [2.05, 4.69) is 20.6 Å². The first-order valence-corrected chi connectivity index (χ1v) is 4.74. The first-order chi connectivity index (χ1) is 7.36. The summed E-state index contributed by atoms with van der Waals surface area (Å²) < 4.78 is 0. The van der Waals surface area contributed by atoms with Crippen molar-refractivity contribution in [2.75, 3.05) is 11.9 Å². The van der Waals surface area contributed by atoms with E-state index in [1.54, 1.807) is 18.6 Å². The molecule has 0 spiro atoms. The minimum absolute atomic E-state index is 0.451. The maximum absolute atomic E-state index is 8.48. The molecule has 78 valence electrons. The molecule has 0 radical (unpaired) electrons. The number of hydrogen-bond acceptors (Lipinski definition) is 3. The van der Waals surface area contributed by atoms with Crippen LogP contribution in [-0.2, 0) is 0 Å². The summed E-state index contributed by atoms with van der Waals surface area (Å²) in [5.74, 6) is 0.451. The van der Waals surface area contributed by atoms with Crippen LogP contribution in [0.4, 0.5) is 5.69 Å². The topological polar surface area (TPSA) is 73.1 Å². The van der Waals surface area contributed by atoms with Gasteiger partial charge in [0.05, 0.1) is 11.9 Å². The van der Waals surface area contributed by atoms with Crippen molar-refractivity contribution in [2.45, 2.75) is 13.3 Å². The van der Waals surface area contributed by atoms with Crippen LogP contribution in [0.5, 0.6) is 0 Å². The predicted molar refractivity (Wildman–Crippen MR) is 59.2 cm³/mol. The Morgan fingerprint density at radius 1 is 1.67 bits per heavy atom. The second-order valence-electron chi connectivity index (χ2n) is 2.85. The predicted octanol–water partition coefficient (Wildman–Crippen LogP) is 1.33. The lowest BCUT2D eigenvalue weighted by Gasteiger charge is -2.09. The average Bonchev–Trinajstić information content (AvgIpc) is 2.28. The Labute approximate surface area is 88.9 Å². The van der Waals surface area contributed by atoms with E-state index >= 15 is 0 Å². The Bertz CT molecular complexity index is 352. The van der Waals surface area contributed by atoms with Gasteiger partial charge in [0, 0.05) is 12.7 Å². The van der Waals surface area contributed by atoms with E-state index in [1.807, 2.05) is 19.1 Å². The summed E-state index contributed by atoms with van der Waals surface area (Å²) in [5, 5.41) is 14.5. The molecular formula is C10H13N5. The van der Waals surface area contributed by atoms with E-state index in [1.165, 1.54) is 0 Å². The highest BCUT2D eigenvalue weighted by Gasteiger charge is 1.97. The molecule has 2 N–H and O–H groups in total. The second-order valence-corrected chi connectivity index (χ2v) is 2.85. The molecule has 0 aliphatic rings. The van der Waals surface area contributed by atoms with Gasteiger partial charge >= 0.3 is 0 Å². The Hall–Kier alpha value is -2.09. The number of aliphatic imine (C=N–C) groups is 1. The summed E-state index contributed by atoms with van der Waals surface area (Å²) in [6.07, 6.45) is 6.06. The Morgan fingerprint density at radius 2 is 2.53 bits per heavy atom. The standard InChI is InChI=1S/C10H13N5/c1-2-5-13-10(14-8-11)15-9-4-3-6-12-7-9/h3-4,6-7H,2,5H2,1H3,(H2,13,14,15). The summed E-state index contributed by atoms with van der Waals surface area (Å²) >= 11 is 0. The van der Waals surface area contributed by atoms with E-state index in [-0.39, 0.29) is 0 Å². The molecule has 1 rings (SSSR count). The molecule has 5 nitrogen and oxygen atoms in total. The van der Waals surface area contributed by atoms with Gasteiger partial charge in [0.2, 0.25) is 12.2 Å². The molecule has 0 unspecified atom stereocenters. The highest BCUT2D eigenvalue weighted by molar-refractivity contribution is 5.93. The van der Waals surface area contributed by atoms with Gasteiger partial charge in [0.25, 0.3) is 0 Å². The van der Waals surface area contributed by atoms with Gasteiger partial charge in [-0.1, -0.05) is 6.92 Å². The largest absolute Gasteiger partial charge is 0.355 e. The molecule has 0 atom stereocenters. The van der Waals surface area contributed by atoms with Gasteiger partial charge in [-0.3, -0.25) is 4.98 Å². The maximum Gasteiger partial charge on any atom is 0.211 e. The fourth-order valence-corrected chi connectivity index (χ4v) is 0.978. The van der Waals surface area contributed by atoms with Gasteiger partial charge < -0.3 is 10.6 Å². The molecular weight excluding hydrogens is 190 g/mol. The molecule has 0 amide bonds. The van der Waals surface area contributed by atoms with Crippen molar-refractivity contribution in [1.82, 2.24) is 10.3 Å². The molecule has 0 aliphatic heterocycles. The van der Waals surface area contributed by atoms with Gasteiger partial charge in [-0.05, 0) is 18.6 Å². The van der Waals surface area contributed by atoms with Crippen LogP contribution in [0, 0.1) is 11.5 Å². The molecule has 0 aliphatic carbocycles. The fourth-order valence-electron chi connectivity index (χ4n) is 0.978. The normalized spacial score (nSPS) is 10.5. The number of rotatable bonds is 3. The Morgan fingerprint density at radius 3 is 3.13 bits per heavy atom. The highest BCUT2D eigenvalue weighted by Crippen LogP contribution is 2.01. The highest BCUT2D eigenvalue weighted by atomic mass is 15.2. The molecule has 0 fully saturated rings. The number of nitrogens with zero attached hydrogens (tertiary/aromatic N) is 3. The molecule has 0 aromatic carbocycles. The first-order valence-electron chi connectivity index (χ1n) is 4.74. The van der Waals surface area contributed by atoms with Crippen LogP contribution in [0.1, 0.15) is 13.3 Å². The van der Waals surface area contributed by atoms with Crippen LogP contribution in [-0.4, -0.2) is 17.5 Å². The van der Waals surface area contributed by atoms with Crippen molar-refractivity contribution in [3.63, 3.8) is 0 Å². The third-order valence-corrected chi connectivity index (χ3v) is 1.63. The first kappa shape index (κ1) is 11.0. The SMILES string of the molecule is CCCNC(=NC#N)Nc1cccnc1. The minimum Gasteiger partial charge on any atom is -0.355 e. The van der Waals surface area contributed by atoms with Crippen molar-refractivity contribution in [2.24, 2.45) is 4.99 Å². The minimum atomic E-state index is 0.451. The lowest BCUT2D eigenvalue weighted by molar-refractivity contribution is 0.838. The van der Waals surface area contributed by atoms with Crippen molar-refractivity contribution >= 4 is 11.6 Å². The zero-order valence-corrected chi connectivity index (χ0v) is 8.57. The molecule has 15 heavy (non-hydrogen) atoms. The van der Waals surface area contributed by atoms with Gasteiger partial charge in [-0.15, -0.1) is 4.99 Å². The molecule has 0 bridgehead atoms. The number of pyridine rings is 1. The Balaban J connectivity index is 2.60. The number of anilines is 1. The fraction of sp³-hybridized carbons (Fsp3) is 0.300. The molecule has 1 aromatic rings. The summed E-state index contributed by atoms with van der Waals surface area (Å²) in [6.45, 7) is 2.81. The van der Waals surface area contributed by atoms with Crippen LogP contribution in [0.2, 0.25) is 0 Å². The summed E-state index contributed by atoms with van der Waals surface area (Å²) in [6, 6.07) is 3.67. The number of guanidine groups is 1. The third kappa shape index (κ3) is 4.09. The zero-order chi connectivity index (χ0) is 10.9.